The van der Waals surface area contributed by atoms with Crippen molar-refractivity contribution < 1.29 is 19.0 Å². The van der Waals surface area contributed by atoms with E-state index in [1.165, 1.54) is 12.0 Å². The van der Waals surface area contributed by atoms with E-state index in [-0.39, 0.29) is 17.7 Å². The lowest BCUT2D eigenvalue weighted by atomic mass is 9.59. The highest BCUT2D eigenvalue weighted by molar-refractivity contribution is 6.30. The highest BCUT2D eigenvalue weighted by Crippen LogP contribution is 2.56. The summed E-state index contributed by atoms with van der Waals surface area (Å²) in [6.45, 7) is 5.06. The summed E-state index contributed by atoms with van der Waals surface area (Å²) >= 11 is 6.19. The Bertz CT molecular complexity index is 1470. The molecule has 1 aromatic heterocycles. The van der Waals surface area contributed by atoms with Crippen LogP contribution in [0.1, 0.15) is 87.1 Å². The number of aliphatic carboxylic acids is 1. The first-order valence-corrected chi connectivity index (χ1v) is 15.7. The summed E-state index contributed by atoms with van der Waals surface area (Å²) in [5.41, 5.74) is 3.46. The van der Waals surface area contributed by atoms with Gasteiger partial charge in [0, 0.05) is 33.6 Å². The zero-order valence-corrected chi connectivity index (χ0v) is 25.2. The quantitative estimate of drug-likeness (QED) is 0.276. The molecule has 3 atom stereocenters. The minimum atomic E-state index is -1.12. The Balaban J connectivity index is 1.21. The van der Waals surface area contributed by atoms with Gasteiger partial charge in [0.25, 0.3) is 0 Å². The summed E-state index contributed by atoms with van der Waals surface area (Å²) < 4.78 is 22.0. The van der Waals surface area contributed by atoms with Crippen LogP contribution in [-0.2, 0) is 23.1 Å². The third-order valence-electron chi connectivity index (χ3n) is 10.2. The van der Waals surface area contributed by atoms with Gasteiger partial charge in [0.15, 0.2) is 0 Å². The number of carbonyl (C=O) groups is 1. The van der Waals surface area contributed by atoms with Gasteiger partial charge in [0.2, 0.25) is 0 Å². The average Bonchev–Trinajstić information content (AvgIpc) is 3.26. The van der Waals surface area contributed by atoms with E-state index in [0.717, 1.165) is 48.3 Å². The van der Waals surface area contributed by atoms with Gasteiger partial charge in [0.05, 0.1) is 6.61 Å². The van der Waals surface area contributed by atoms with E-state index in [9.17, 15) is 9.90 Å². The predicted molar refractivity (Wildman–Crippen MR) is 164 cm³/mol. The van der Waals surface area contributed by atoms with Crippen LogP contribution in [0, 0.1) is 17.7 Å². The fourth-order valence-corrected chi connectivity index (χ4v) is 8.33. The van der Waals surface area contributed by atoms with E-state index >= 15 is 4.39 Å². The molecule has 6 rings (SSSR count). The van der Waals surface area contributed by atoms with Gasteiger partial charge < -0.3 is 15.2 Å². The Kier molecular flexibility index (Phi) is 7.95. The van der Waals surface area contributed by atoms with Gasteiger partial charge in [-0.15, -0.1) is 0 Å². The largest absolute Gasteiger partial charge is 0.493 e. The summed E-state index contributed by atoms with van der Waals surface area (Å²) in [6, 6.07) is 14.6. The van der Waals surface area contributed by atoms with Gasteiger partial charge in [-0.2, -0.15) is 0 Å². The molecule has 42 heavy (non-hydrogen) atoms. The second-order valence-electron chi connectivity index (χ2n) is 13.0. The number of benzene rings is 2. The van der Waals surface area contributed by atoms with Crippen molar-refractivity contribution in [2.75, 3.05) is 11.9 Å². The normalized spacial score (nSPS) is 27.2. The van der Waals surface area contributed by atoms with Crippen molar-refractivity contribution in [3.63, 3.8) is 0 Å². The van der Waals surface area contributed by atoms with Crippen LogP contribution in [0.4, 0.5) is 10.1 Å². The maximum Gasteiger partial charge on any atom is 0.329 e. The number of nitrogens with one attached hydrogen (secondary N) is 1. The summed E-state index contributed by atoms with van der Waals surface area (Å²) in [5, 5.41) is 14.3. The number of aryl methyl sites for hydroxylation is 1. The topological polar surface area (TPSA) is 71.5 Å². The molecule has 1 fully saturated rings. The zero-order chi connectivity index (χ0) is 29.5. The Morgan fingerprint density at radius 1 is 1.19 bits per heavy atom. The van der Waals surface area contributed by atoms with Gasteiger partial charge in [-0.25, -0.2) is 9.18 Å². The van der Waals surface area contributed by atoms with E-state index in [2.05, 4.69) is 30.2 Å². The van der Waals surface area contributed by atoms with Crippen LogP contribution in [0.25, 0.3) is 0 Å². The molecule has 0 aliphatic heterocycles. The van der Waals surface area contributed by atoms with Crippen molar-refractivity contribution in [3.8, 4) is 5.75 Å². The number of carboxylic acids is 1. The number of hydrogen-bond acceptors (Lipinski definition) is 4. The van der Waals surface area contributed by atoms with Crippen molar-refractivity contribution in [2.45, 2.75) is 88.5 Å². The second-order valence-corrected chi connectivity index (χ2v) is 13.4. The zero-order valence-electron chi connectivity index (χ0n) is 24.5. The first-order valence-electron chi connectivity index (χ1n) is 15.4. The minimum Gasteiger partial charge on any atom is -0.493 e. The lowest BCUT2D eigenvalue weighted by Gasteiger charge is -2.47. The maximum absolute atomic E-state index is 15.6. The van der Waals surface area contributed by atoms with Crippen LogP contribution in [0.5, 0.6) is 5.75 Å². The Morgan fingerprint density at radius 3 is 2.74 bits per heavy atom. The number of carboxylic acid groups (broad SMARTS) is 1. The molecule has 0 radical (unpaired) electrons. The third-order valence-corrected chi connectivity index (χ3v) is 10.5. The van der Waals surface area contributed by atoms with Crippen LogP contribution in [-0.4, -0.2) is 28.2 Å². The first kappa shape index (κ1) is 29.0. The Morgan fingerprint density at radius 2 is 1.98 bits per heavy atom. The summed E-state index contributed by atoms with van der Waals surface area (Å²) in [5.74, 6) is 0.819. The van der Waals surface area contributed by atoms with Crippen LogP contribution < -0.4 is 10.1 Å². The lowest BCUT2D eigenvalue weighted by molar-refractivity contribution is -0.144. The van der Waals surface area contributed by atoms with Crippen molar-refractivity contribution in [3.05, 3.63) is 88.0 Å². The van der Waals surface area contributed by atoms with E-state index in [0.29, 0.717) is 48.9 Å². The van der Waals surface area contributed by atoms with Crippen molar-refractivity contribution in [2.24, 2.45) is 11.8 Å². The highest BCUT2D eigenvalue weighted by atomic mass is 35.5. The first-order chi connectivity index (χ1) is 20.2. The monoisotopic (exact) mass is 590 g/mol. The van der Waals surface area contributed by atoms with Gasteiger partial charge in [-0.1, -0.05) is 43.6 Å². The Labute approximate surface area is 252 Å². The molecule has 3 aliphatic carbocycles. The SMILES string of the molecule is C[C@@H](COc1ccnc2c1[C@@H](C)CCC2)CC1Cc2cccc(F)c2C12CCC(Nc1cccc(Cl)c1)(C(=O)O)CC2. The third kappa shape index (κ3) is 5.27. The van der Waals surface area contributed by atoms with E-state index in [1.54, 1.807) is 24.3 Å². The number of hydrogen-bond donors (Lipinski definition) is 2. The summed E-state index contributed by atoms with van der Waals surface area (Å²) in [4.78, 5) is 17.3. The minimum absolute atomic E-state index is 0.165. The smallest absolute Gasteiger partial charge is 0.329 e. The summed E-state index contributed by atoms with van der Waals surface area (Å²) in [7, 11) is 0. The van der Waals surface area contributed by atoms with E-state index in [4.69, 9.17) is 16.3 Å². The van der Waals surface area contributed by atoms with Gasteiger partial charge >= 0.3 is 5.97 Å². The molecule has 1 spiro atoms. The van der Waals surface area contributed by atoms with Crippen molar-refractivity contribution in [1.29, 1.82) is 0 Å². The second kappa shape index (κ2) is 11.5. The predicted octanol–water partition coefficient (Wildman–Crippen LogP) is 8.34. The molecular weight excluding hydrogens is 551 g/mol. The summed E-state index contributed by atoms with van der Waals surface area (Å²) in [6.07, 6.45) is 8.91. The number of aromatic nitrogens is 1. The molecule has 1 heterocycles. The van der Waals surface area contributed by atoms with Crippen LogP contribution in [0.2, 0.25) is 5.02 Å². The van der Waals surface area contributed by atoms with Gasteiger partial charge in [0.1, 0.15) is 17.1 Å². The number of fused-ring (bicyclic) bond motifs is 3. The van der Waals surface area contributed by atoms with Crippen LogP contribution in [0.3, 0.4) is 0 Å². The number of rotatable bonds is 8. The van der Waals surface area contributed by atoms with Crippen LogP contribution in [0.15, 0.2) is 54.7 Å². The average molecular weight is 591 g/mol. The van der Waals surface area contributed by atoms with Crippen molar-refractivity contribution in [1.82, 2.24) is 4.98 Å². The van der Waals surface area contributed by atoms with E-state index < -0.39 is 16.9 Å². The lowest BCUT2D eigenvalue weighted by Crippen LogP contribution is -2.53. The molecule has 0 amide bonds. The number of nitrogens with zero attached hydrogens (tertiary/aromatic N) is 1. The van der Waals surface area contributed by atoms with Crippen LogP contribution >= 0.6 is 11.6 Å². The number of pyridine rings is 1. The fourth-order valence-electron chi connectivity index (χ4n) is 8.14. The van der Waals surface area contributed by atoms with Gasteiger partial charge in [-0.3, -0.25) is 4.98 Å². The number of anilines is 1. The molecule has 1 unspecified atom stereocenters. The molecule has 7 heteroatoms. The molecule has 222 valence electrons. The van der Waals surface area contributed by atoms with E-state index in [1.807, 2.05) is 24.4 Å². The molecule has 1 saturated carbocycles. The highest BCUT2D eigenvalue weighted by Gasteiger charge is 2.55. The van der Waals surface area contributed by atoms with Gasteiger partial charge in [-0.05, 0) is 117 Å². The molecule has 0 saturated heterocycles. The molecular formula is C35H40ClFN2O3. The fraction of sp³-hybridized carbons (Fsp3) is 0.486. The molecule has 5 nitrogen and oxygen atoms in total. The number of ether oxygens (including phenoxy) is 1. The molecule has 3 aliphatic rings. The van der Waals surface area contributed by atoms with Crippen molar-refractivity contribution >= 4 is 23.3 Å². The Hall–Kier alpha value is -3.12. The molecule has 2 N–H and O–H groups in total. The molecule has 2 aromatic carbocycles. The molecule has 3 aromatic rings. The maximum atomic E-state index is 15.6. The molecule has 0 bridgehead atoms. The number of halogens is 2. The standard InChI is InChI=1S/C35H40ClFN2O3/c1-22(21-42-30-12-17-38-29-11-3-6-23(2)31(29)30)18-25-19-24-7-4-10-28(37)32(24)34(25)13-15-35(16-14-34,33(40)41)39-27-9-5-8-26(36)20-27/h4-5,7-10,12,17,20,22-23,25,39H,3,6,11,13-16,18-19,21H2,1-2H3,(H,40,41)/t22-,23+,25?,34?,35?/m1/s1.